The molecule has 2 heterocycles. The summed E-state index contributed by atoms with van der Waals surface area (Å²) < 4.78 is 5.93. The lowest BCUT2D eigenvalue weighted by atomic mass is 10.1. The number of para-hydroxylation sites is 1. The normalized spacial score (nSPS) is 12.3. The number of benzene rings is 2. The molecular formula is C21H19N3O2S. The highest BCUT2D eigenvalue weighted by molar-refractivity contribution is 8.00. The van der Waals surface area contributed by atoms with Crippen LogP contribution in [0.4, 0.5) is 0 Å². The number of fused-ring (bicyclic) bond motifs is 3. The molecule has 0 aliphatic heterocycles. The van der Waals surface area contributed by atoms with E-state index in [0.29, 0.717) is 17.2 Å². The van der Waals surface area contributed by atoms with Crippen LogP contribution in [-0.4, -0.2) is 27.7 Å². The van der Waals surface area contributed by atoms with Crippen molar-refractivity contribution < 1.29 is 9.21 Å². The van der Waals surface area contributed by atoms with Gasteiger partial charge >= 0.3 is 0 Å². The molecule has 27 heavy (non-hydrogen) atoms. The van der Waals surface area contributed by atoms with E-state index < -0.39 is 0 Å². The zero-order chi connectivity index (χ0) is 18.6. The van der Waals surface area contributed by atoms with Gasteiger partial charge in [0.25, 0.3) is 0 Å². The molecule has 0 spiro atoms. The number of furan rings is 1. The van der Waals surface area contributed by atoms with E-state index in [0.717, 1.165) is 22.9 Å². The number of carbonyl (C=O) groups excluding carboxylic acids is 1. The lowest BCUT2D eigenvalue weighted by Gasteiger charge is -2.11. The van der Waals surface area contributed by atoms with E-state index in [-0.39, 0.29) is 11.2 Å². The lowest BCUT2D eigenvalue weighted by molar-refractivity contribution is -0.120. The fraction of sp³-hybridized carbons (Fsp3) is 0.190. The number of amides is 1. The molecule has 4 rings (SSSR count). The molecule has 1 N–H and O–H groups in total. The van der Waals surface area contributed by atoms with Crippen molar-refractivity contribution >= 4 is 39.7 Å². The van der Waals surface area contributed by atoms with Crippen LogP contribution in [-0.2, 0) is 11.2 Å². The molecule has 136 valence electrons. The topological polar surface area (TPSA) is 68.0 Å². The zero-order valence-electron chi connectivity index (χ0n) is 14.9. The number of thioether (sulfide) groups is 1. The third kappa shape index (κ3) is 3.80. The van der Waals surface area contributed by atoms with Crippen molar-refractivity contribution in [3.63, 3.8) is 0 Å². The molecule has 4 aromatic rings. The van der Waals surface area contributed by atoms with Gasteiger partial charge in [-0.15, -0.1) is 0 Å². The second kappa shape index (κ2) is 7.80. The molecule has 0 saturated heterocycles. The van der Waals surface area contributed by atoms with Gasteiger partial charge < -0.3 is 9.73 Å². The summed E-state index contributed by atoms with van der Waals surface area (Å²) in [6.45, 7) is 2.48. The van der Waals surface area contributed by atoms with E-state index in [4.69, 9.17) is 4.42 Å². The minimum atomic E-state index is -0.285. The van der Waals surface area contributed by atoms with Crippen LogP contribution in [0.1, 0.15) is 12.5 Å². The molecule has 0 aliphatic rings. The Hall–Kier alpha value is -2.86. The lowest BCUT2D eigenvalue weighted by Crippen LogP contribution is -2.32. The fourth-order valence-corrected chi connectivity index (χ4v) is 3.80. The summed E-state index contributed by atoms with van der Waals surface area (Å²) in [6, 6.07) is 17.9. The average molecular weight is 377 g/mol. The maximum absolute atomic E-state index is 12.4. The summed E-state index contributed by atoms with van der Waals surface area (Å²) in [7, 11) is 0. The minimum absolute atomic E-state index is 0.0150. The Morgan fingerprint density at radius 3 is 2.74 bits per heavy atom. The van der Waals surface area contributed by atoms with E-state index in [2.05, 4.69) is 27.4 Å². The molecule has 0 bridgehead atoms. The summed E-state index contributed by atoms with van der Waals surface area (Å²) in [5.41, 5.74) is 3.39. The summed E-state index contributed by atoms with van der Waals surface area (Å²) in [4.78, 5) is 21.1. The van der Waals surface area contributed by atoms with E-state index >= 15 is 0 Å². The van der Waals surface area contributed by atoms with Gasteiger partial charge in [0.1, 0.15) is 22.5 Å². The maximum atomic E-state index is 12.4. The van der Waals surface area contributed by atoms with Gasteiger partial charge in [-0.05, 0) is 31.0 Å². The van der Waals surface area contributed by atoms with Crippen LogP contribution in [0.3, 0.4) is 0 Å². The molecule has 0 radical (unpaired) electrons. The third-order valence-corrected chi connectivity index (χ3v) is 5.42. The number of rotatable bonds is 6. The number of nitrogens with zero attached hydrogens (tertiary/aromatic N) is 2. The van der Waals surface area contributed by atoms with Crippen molar-refractivity contribution in [1.82, 2.24) is 15.3 Å². The van der Waals surface area contributed by atoms with Crippen molar-refractivity contribution in [3.8, 4) is 0 Å². The molecule has 0 fully saturated rings. The van der Waals surface area contributed by atoms with E-state index in [1.807, 2.05) is 49.4 Å². The Morgan fingerprint density at radius 2 is 1.89 bits per heavy atom. The minimum Gasteiger partial charge on any atom is -0.451 e. The van der Waals surface area contributed by atoms with Crippen molar-refractivity contribution in [2.75, 3.05) is 6.54 Å². The zero-order valence-corrected chi connectivity index (χ0v) is 15.7. The van der Waals surface area contributed by atoms with E-state index in [9.17, 15) is 4.79 Å². The standard InChI is InChI=1S/C21H19N3O2S/c1-14(20(25)22-12-11-15-7-3-2-4-8-15)27-21-19-18(23-13-24-21)16-9-5-6-10-17(16)26-19/h2-10,13-14H,11-12H2,1H3,(H,22,25)/t14-/m0/s1. The molecule has 0 aliphatic carbocycles. The van der Waals surface area contributed by atoms with Gasteiger partial charge in [0.15, 0.2) is 5.58 Å². The first-order valence-electron chi connectivity index (χ1n) is 8.83. The van der Waals surface area contributed by atoms with E-state index in [1.165, 1.54) is 23.7 Å². The smallest absolute Gasteiger partial charge is 0.233 e. The Labute approximate surface area is 161 Å². The van der Waals surface area contributed by atoms with Gasteiger partial charge in [0.05, 0.1) is 5.25 Å². The van der Waals surface area contributed by atoms with Crippen molar-refractivity contribution in [3.05, 3.63) is 66.5 Å². The molecule has 5 nitrogen and oxygen atoms in total. The Kier molecular flexibility index (Phi) is 5.07. The van der Waals surface area contributed by atoms with Gasteiger partial charge in [-0.1, -0.05) is 54.2 Å². The van der Waals surface area contributed by atoms with Gasteiger partial charge in [0, 0.05) is 11.9 Å². The molecule has 0 saturated carbocycles. The monoisotopic (exact) mass is 377 g/mol. The predicted octanol–water partition coefficient (Wildman–Crippen LogP) is 4.22. The first-order valence-corrected chi connectivity index (χ1v) is 9.71. The predicted molar refractivity (Wildman–Crippen MR) is 108 cm³/mol. The maximum Gasteiger partial charge on any atom is 0.233 e. The molecule has 1 atom stereocenters. The molecule has 2 aromatic carbocycles. The highest BCUT2D eigenvalue weighted by Crippen LogP contribution is 2.33. The first kappa shape index (κ1) is 17.5. The van der Waals surface area contributed by atoms with Gasteiger partial charge in [-0.3, -0.25) is 4.79 Å². The summed E-state index contributed by atoms with van der Waals surface area (Å²) in [5.74, 6) is -0.0150. The Morgan fingerprint density at radius 1 is 1.11 bits per heavy atom. The molecule has 2 aromatic heterocycles. The number of hydrogen-bond acceptors (Lipinski definition) is 5. The number of hydrogen-bond donors (Lipinski definition) is 1. The first-order chi connectivity index (χ1) is 13.2. The molecular weight excluding hydrogens is 358 g/mol. The van der Waals surface area contributed by atoms with Crippen LogP contribution < -0.4 is 5.32 Å². The second-order valence-corrected chi connectivity index (χ2v) is 7.57. The molecule has 6 heteroatoms. The van der Waals surface area contributed by atoms with Crippen molar-refractivity contribution in [2.45, 2.75) is 23.6 Å². The summed E-state index contributed by atoms with van der Waals surface area (Å²) in [5, 5.41) is 4.34. The summed E-state index contributed by atoms with van der Waals surface area (Å²) >= 11 is 1.39. The SMILES string of the molecule is C[C@H](Sc1ncnc2c1oc1ccccc12)C(=O)NCCc1ccccc1. The highest BCUT2D eigenvalue weighted by atomic mass is 32.2. The largest absolute Gasteiger partial charge is 0.451 e. The highest BCUT2D eigenvalue weighted by Gasteiger charge is 2.19. The van der Waals surface area contributed by atoms with E-state index in [1.54, 1.807) is 0 Å². The molecule has 1 amide bonds. The second-order valence-electron chi connectivity index (χ2n) is 6.24. The fourth-order valence-electron chi connectivity index (χ4n) is 2.93. The van der Waals surface area contributed by atoms with Gasteiger partial charge in [-0.2, -0.15) is 0 Å². The number of nitrogens with one attached hydrogen (secondary N) is 1. The summed E-state index contributed by atoms with van der Waals surface area (Å²) in [6.07, 6.45) is 2.33. The Balaban J connectivity index is 1.44. The van der Waals surface area contributed by atoms with Crippen molar-refractivity contribution in [1.29, 1.82) is 0 Å². The van der Waals surface area contributed by atoms with Gasteiger partial charge in [0.2, 0.25) is 5.91 Å². The molecule has 0 unspecified atom stereocenters. The van der Waals surface area contributed by atoms with Gasteiger partial charge in [-0.25, -0.2) is 9.97 Å². The van der Waals surface area contributed by atoms with Crippen LogP contribution in [0.5, 0.6) is 0 Å². The quantitative estimate of drug-likeness (QED) is 0.403. The van der Waals surface area contributed by atoms with Crippen LogP contribution in [0, 0.1) is 0 Å². The number of carbonyl (C=O) groups is 1. The van der Waals surface area contributed by atoms with Crippen LogP contribution in [0.15, 0.2) is 70.4 Å². The van der Waals surface area contributed by atoms with Crippen LogP contribution in [0.25, 0.3) is 22.1 Å². The van der Waals surface area contributed by atoms with Crippen molar-refractivity contribution in [2.24, 2.45) is 0 Å². The van der Waals surface area contributed by atoms with Crippen LogP contribution in [0.2, 0.25) is 0 Å². The Bertz CT molecular complexity index is 1080. The van der Waals surface area contributed by atoms with Crippen LogP contribution >= 0.6 is 11.8 Å². The average Bonchev–Trinajstić information content (AvgIpc) is 3.08. The number of aromatic nitrogens is 2. The third-order valence-electron chi connectivity index (χ3n) is 4.34.